The van der Waals surface area contributed by atoms with E-state index in [-0.39, 0.29) is 114 Å². The Balaban J connectivity index is 3.70. The molecule has 0 bridgehead atoms. The van der Waals surface area contributed by atoms with Crippen molar-refractivity contribution in [2.45, 2.75) is 192 Å². The smallest absolute Gasteiger partial charge is 0.245 e. The highest BCUT2D eigenvalue weighted by molar-refractivity contribution is 5.98. The molecule has 31 nitrogen and oxygen atoms in total. The number of aliphatic imine (C=N–C) groups is 1. The van der Waals surface area contributed by atoms with E-state index in [1.807, 2.05) is 13.8 Å². The van der Waals surface area contributed by atoms with Crippen LogP contribution in [0.25, 0.3) is 0 Å². The minimum absolute atomic E-state index is 0.00483. The molecule has 0 radical (unpaired) electrons. The molecule has 88 heavy (non-hydrogen) atoms. The number of benzene rings is 1. The van der Waals surface area contributed by atoms with E-state index in [9.17, 15) is 62.6 Å². The zero-order chi connectivity index (χ0) is 66.8. The number of carbonyl (C=O) groups excluding carboxylic acids is 12. The number of amides is 11. The Bertz CT molecular complexity index is 2480. The SMILES string of the molecule is COC[C@H](NC(=O)[C@H](Cc1ccccc1)NC(=O)[C@H](CCCN=C(N)N)NC(=O)[C@H](CCCCN)NC(=O)[C@@H](NC(=O)[C@H](CC(C)C)NC(=O)[C@H](CCC(N)=O)NCC(C=O)(CCC(N)=O)NC(=O)[C@@H](N)C(C)C)[C@@H](C)O)C(=O)N[C@@H](CC(C)C)C(N)=O. The Hall–Kier alpha value is -7.87. The number of aldehydes is 1. The molecule has 0 heterocycles. The molecule has 1 unspecified atom stereocenters. The van der Waals surface area contributed by atoms with Crippen LogP contribution in [-0.4, -0.2) is 182 Å². The van der Waals surface area contributed by atoms with Crippen LogP contribution < -0.4 is 88.0 Å². The van der Waals surface area contributed by atoms with Crippen LogP contribution in [0.1, 0.15) is 125 Å². The minimum atomic E-state index is -1.84. The second-order valence-corrected chi connectivity index (χ2v) is 23.1. The van der Waals surface area contributed by atoms with Gasteiger partial charge in [0, 0.05) is 39.5 Å². The van der Waals surface area contributed by atoms with Gasteiger partial charge in [-0.25, -0.2) is 0 Å². The summed E-state index contributed by atoms with van der Waals surface area (Å²) in [4.78, 5) is 166. The fourth-order valence-corrected chi connectivity index (χ4v) is 8.87. The van der Waals surface area contributed by atoms with E-state index in [1.165, 1.54) is 14.0 Å². The van der Waals surface area contributed by atoms with Crippen LogP contribution in [0, 0.1) is 17.8 Å². The van der Waals surface area contributed by atoms with Gasteiger partial charge in [-0.1, -0.05) is 71.9 Å². The van der Waals surface area contributed by atoms with Gasteiger partial charge in [0.2, 0.25) is 65.0 Å². The van der Waals surface area contributed by atoms with E-state index in [0.717, 1.165) is 0 Å². The van der Waals surface area contributed by atoms with Crippen molar-refractivity contribution < 1.29 is 67.4 Å². The first-order chi connectivity index (χ1) is 41.3. The number of guanidine groups is 1. The van der Waals surface area contributed by atoms with Crippen molar-refractivity contribution in [3.05, 3.63) is 35.9 Å². The van der Waals surface area contributed by atoms with Crippen molar-refractivity contribution in [3.8, 4) is 0 Å². The molecule has 1 rings (SSSR count). The number of methoxy groups -OCH3 is 1. The normalized spacial score (nSPS) is 15.4. The average molecular weight is 1250 g/mol. The van der Waals surface area contributed by atoms with E-state index in [2.05, 4.69) is 52.8 Å². The number of nitrogens with two attached hydrogens (primary N) is 7. The summed E-state index contributed by atoms with van der Waals surface area (Å²) >= 11 is 0. The molecular weight excluding hydrogens is 1150 g/mol. The van der Waals surface area contributed by atoms with Crippen LogP contribution in [0.5, 0.6) is 0 Å². The third-order valence-electron chi connectivity index (χ3n) is 13.9. The van der Waals surface area contributed by atoms with Crippen LogP contribution in [0.4, 0.5) is 0 Å². The van der Waals surface area contributed by atoms with Crippen molar-refractivity contribution in [2.75, 3.05) is 33.4 Å². The van der Waals surface area contributed by atoms with Gasteiger partial charge in [0.1, 0.15) is 54.1 Å². The third-order valence-corrected chi connectivity index (χ3v) is 13.9. The Morgan fingerprint density at radius 1 is 0.591 bits per heavy atom. The Morgan fingerprint density at radius 2 is 1.08 bits per heavy atom. The number of nitrogens with zero attached hydrogens (tertiary/aromatic N) is 1. The molecule has 496 valence electrons. The molecule has 11 atom stereocenters. The van der Waals surface area contributed by atoms with Crippen LogP contribution in [-0.2, 0) is 68.7 Å². The summed E-state index contributed by atoms with van der Waals surface area (Å²) in [7, 11) is 1.29. The predicted octanol–water partition coefficient (Wildman–Crippen LogP) is -5.06. The minimum Gasteiger partial charge on any atom is -0.391 e. The molecule has 0 saturated carbocycles. The van der Waals surface area contributed by atoms with E-state index in [1.54, 1.807) is 58.0 Å². The van der Waals surface area contributed by atoms with Gasteiger partial charge >= 0.3 is 0 Å². The summed E-state index contributed by atoms with van der Waals surface area (Å²) in [6.45, 7) is 11.0. The monoisotopic (exact) mass is 1250 g/mol. The maximum absolute atomic E-state index is 14.5. The molecule has 0 aromatic heterocycles. The number of hydrogen-bond donors (Lipinski definition) is 17. The highest BCUT2D eigenvalue weighted by atomic mass is 16.5. The summed E-state index contributed by atoms with van der Waals surface area (Å²) in [5.41, 5.74) is 38.1. The number of carbonyl (C=O) groups is 12. The largest absolute Gasteiger partial charge is 0.391 e. The molecule has 1 aromatic carbocycles. The Kier molecular flexibility index (Phi) is 36.0. The van der Waals surface area contributed by atoms with Crippen molar-refractivity contribution >= 4 is 77.2 Å². The summed E-state index contributed by atoms with van der Waals surface area (Å²) in [5.74, 6) is -10.5. The molecule has 0 saturated heterocycles. The van der Waals surface area contributed by atoms with Crippen LogP contribution >= 0.6 is 0 Å². The molecule has 0 spiro atoms. The molecular formula is C57H99N17O14. The number of aliphatic hydroxyl groups is 1. The van der Waals surface area contributed by atoms with E-state index in [4.69, 9.17) is 44.9 Å². The third kappa shape index (κ3) is 30.2. The predicted molar refractivity (Wildman–Crippen MR) is 327 cm³/mol. The molecule has 0 aliphatic rings. The quantitative estimate of drug-likeness (QED) is 0.0126. The number of hydrogen-bond acceptors (Lipinski definition) is 18. The highest BCUT2D eigenvalue weighted by Crippen LogP contribution is 2.16. The van der Waals surface area contributed by atoms with Gasteiger partial charge in [-0.2, -0.15) is 0 Å². The van der Waals surface area contributed by atoms with Crippen LogP contribution in [0.2, 0.25) is 0 Å². The highest BCUT2D eigenvalue weighted by Gasteiger charge is 2.39. The number of ether oxygens (including phenoxy) is 1. The standard InChI is InChI=1S/C57H99N17O14/c1-31(2)25-39(47(62)79)69-53(85)42(28-88-8)72-51(83)41(27-35-15-10-9-11-16-35)71-50(82)38(18-14-24-65-56(63)64)67-49(81)37(17-12-13-23-58)68-55(87)46(34(7)76)73-52(84)40(26-32(3)4)70-48(80)36(19-20-43(59)77)66-29-57(30-75,22-21-44(60)78)74-54(86)45(61)33(5)6/h9-11,15-16,30-34,36-42,45-46,66,76H,12-14,17-29,58,61H2,1-8H3,(H2,59,77)(H2,60,78)(H2,62,79)(H,67,81)(H,68,87)(H,69,85)(H,70,80)(H,71,82)(H,72,83)(H,73,84)(H,74,86)(H4,63,64,65)/t34-,36+,37+,38+,39+,40+,41+,42+,45+,46+,57?/m1/s1. The summed E-state index contributed by atoms with van der Waals surface area (Å²) < 4.78 is 5.23. The first kappa shape index (κ1) is 78.1. The second-order valence-electron chi connectivity index (χ2n) is 23.1. The van der Waals surface area contributed by atoms with Gasteiger partial charge in [-0.3, -0.25) is 57.7 Å². The second kappa shape index (κ2) is 40.6. The van der Waals surface area contributed by atoms with Gasteiger partial charge < -0.3 is 103 Å². The molecule has 24 N–H and O–H groups in total. The molecule has 0 aliphatic carbocycles. The summed E-state index contributed by atoms with van der Waals surface area (Å²) in [5, 5.41) is 34.6. The summed E-state index contributed by atoms with van der Waals surface area (Å²) in [6.07, 6.45) is -2.11. The maximum Gasteiger partial charge on any atom is 0.245 e. The average Bonchev–Trinajstić information content (AvgIpc) is 1.51. The molecule has 0 aliphatic heterocycles. The fraction of sp³-hybridized carbons (Fsp3) is 0.667. The number of aliphatic hydroxyl groups excluding tert-OH is 1. The zero-order valence-electron chi connectivity index (χ0n) is 52.0. The molecule has 1 aromatic rings. The Labute approximate surface area is 514 Å². The topological polar surface area (TPSA) is 537 Å². The maximum atomic E-state index is 14.5. The molecule has 11 amide bonds. The van der Waals surface area contributed by atoms with Crippen molar-refractivity contribution in [2.24, 2.45) is 62.9 Å². The molecule has 31 heteroatoms. The van der Waals surface area contributed by atoms with Crippen molar-refractivity contribution in [1.29, 1.82) is 0 Å². The number of unbranched alkanes of at least 4 members (excludes halogenated alkanes) is 1. The van der Waals surface area contributed by atoms with Crippen LogP contribution in [0.15, 0.2) is 35.3 Å². The van der Waals surface area contributed by atoms with E-state index >= 15 is 0 Å². The van der Waals surface area contributed by atoms with Crippen molar-refractivity contribution in [3.63, 3.8) is 0 Å². The van der Waals surface area contributed by atoms with Crippen molar-refractivity contribution in [1.82, 2.24) is 47.9 Å². The van der Waals surface area contributed by atoms with Gasteiger partial charge in [0.25, 0.3) is 0 Å². The number of primary amides is 3. The zero-order valence-corrected chi connectivity index (χ0v) is 52.0. The lowest BCUT2D eigenvalue weighted by Crippen LogP contribution is -2.63. The van der Waals surface area contributed by atoms with Gasteiger partial charge in [-0.05, 0) is 94.6 Å². The summed E-state index contributed by atoms with van der Waals surface area (Å²) in [6, 6.07) is -3.91. The lowest BCUT2D eigenvalue weighted by molar-refractivity contribution is -0.137. The fourth-order valence-electron chi connectivity index (χ4n) is 8.87. The number of nitrogens with one attached hydrogen (secondary N) is 9. The number of rotatable bonds is 45. The van der Waals surface area contributed by atoms with Crippen LogP contribution in [0.3, 0.4) is 0 Å². The first-order valence-electron chi connectivity index (χ1n) is 29.5. The van der Waals surface area contributed by atoms with Gasteiger partial charge in [0.05, 0.1) is 24.8 Å². The lowest BCUT2D eigenvalue weighted by Gasteiger charge is -2.33. The van der Waals surface area contributed by atoms with Gasteiger partial charge in [0.15, 0.2) is 5.96 Å². The molecule has 0 fully saturated rings. The first-order valence-corrected chi connectivity index (χ1v) is 29.5. The Morgan fingerprint density at radius 3 is 1.59 bits per heavy atom. The lowest BCUT2D eigenvalue weighted by atomic mass is 9.92. The van der Waals surface area contributed by atoms with Gasteiger partial charge in [-0.15, -0.1) is 0 Å². The van der Waals surface area contributed by atoms with E-state index < -0.39 is 138 Å². The van der Waals surface area contributed by atoms with E-state index in [0.29, 0.717) is 18.3 Å².